The highest BCUT2D eigenvalue weighted by molar-refractivity contribution is 5.93. The van der Waals surface area contributed by atoms with Gasteiger partial charge < -0.3 is 14.4 Å². The average molecular weight is 293 g/mol. The van der Waals surface area contributed by atoms with Crippen molar-refractivity contribution < 1.29 is 19.1 Å². The van der Waals surface area contributed by atoms with Gasteiger partial charge in [-0.05, 0) is 36.8 Å². The first-order chi connectivity index (χ1) is 9.97. The van der Waals surface area contributed by atoms with Crippen LogP contribution in [-0.4, -0.2) is 35.0 Å². The maximum Gasteiger partial charge on any atom is 0.371 e. The Kier molecular flexibility index (Phi) is 5.04. The molecule has 5 nitrogen and oxygen atoms in total. The molecule has 116 valence electrons. The molecule has 0 aromatic carbocycles. The van der Waals surface area contributed by atoms with Crippen molar-refractivity contribution in [1.82, 2.24) is 4.90 Å². The van der Waals surface area contributed by atoms with Gasteiger partial charge in [-0.2, -0.15) is 0 Å². The Bertz CT molecular complexity index is 498. The van der Waals surface area contributed by atoms with Gasteiger partial charge >= 0.3 is 5.97 Å². The summed E-state index contributed by atoms with van der Waals surface area (Å²) < 4.78 is 5.08. The molecule has 5 heteroatoms. The second-order valence-electron chi connectivity index (χ2n) is 6.18. The maximum atomic E-state index is 12.2. The molecule has 1 saturated heterocycles. The molecule has 0 bridgehead atoms. The van der Waals surface area contributed by atoms with Gasteiger partial charge in [0.2, 0.25) is 5.76 Å². The highest BCUT2D eigenvalue weighted by Crippen LogP contribution is 2.25. The van der Waals surface area contributed by atoms with E-state index in [-0.39, 0.29) is 17.4 Å². The summed E-state index contributed by atoms with van der Waals surface area (Å²) in [5.74, 6) is -0.00527. The second kappa shape index (κ2) is 6.78. The largest absolute Gasteiger partial charge is 0.475 e. The number of carboxylic acids is 1. The average Bonchev–Trinajstić information content (AvgIpc) is 2.95. The Morgan fingerprint density at radius 1 is 1.29 bits per heavy atom. The standard InChI is InChI=1S/C16H23NO4/c1-11(2)3-4-12-7-9-17(10-8-12)15(18)13-5-6-14(21-13)16(19)20/h5-6,11-12H,3-4,7-10H2,1-2H3,(H,19,20). The number of rotatable bonds is 5. The van der Waals surface area contributed by atoms with Crippen molar-refractivity contribution in [2.75, 3.05) is 13.1 Å². The lowest BCUT2D eigenvalue weighted by Crippen LogP contribution is -2.38. The molecule has 2 heterocycles. The normalized spacial score (nSPS) is 16.4. The molecular weight excluding hydrogens is 270 g/mol. The molecule has 0 atom stereocenters. The van der Waals surface area contributed by atoms with Crippen LogP contribution in [0.2, 0.25) is 0 Å². The predicted octanol–water partition coefficient (Wildman–Crippen LogP) is 3.27. The van der Waals surface area contributed by atoms with Gasteiger partial charge in [0.15, 0.2) is 5.76 Å². The lowest BCUT2D eigenvalue weighted by atomic mass is 9.89. The summed E-state index contributed by atoms with van der Waals surface area (Å²) in [6, 6.07) is 2.77. The molecule has 1 aliphatic heterocycles. The molecule has 0 saturated carbocycles. The minimum atomic E-state index is -1.15. The van der Waals surface area contributed by atoms with E-state index >= 15 is 0 Å². The summed E-state index contributed by atoms with van der Waals surface area (Å²) in [5, 5.41) is 8.81. The van der Waals surface area contributed by atoms with Gasteiger partial charge in [-0.1, -0.05) is 26.7 Å². The number of hydrogen-bond acceptors (Lipinski definition) is 3. The van der Waals surface area contributed by atoms with Crippen molar-refractivity contribution in [2.45, 2.75) is 39.5 Å². The topological polar surface area (TPSA) is 70.8 Å². The Labute approximate surface area is 124 Å². The van der Waals surface area contributed by atoms with Gasteiger partial charge in [-0.15, -0.1) is 0 Å². The first-order valence-electron chi connectivity index (χ1n) is 7.59. The predicted molar refractivity (Wildman–Crippen MR) is 78.4 cm³/mol. The molecular formula is C16H23NO4. The van der Waals surface area contributed by atoms with Crippen LogP contribution >= 0.6 is 0 Å². The van der Waals surface area contributed by atoms with Crippen LogP contribution in [0.25, 0.3) is 0 Å². The highest BCUT2D eigenvalue weighted by Gasteiger charge is 2.26. The molecule has 2 rings (SSSR count). The number of furan rings is 1. The fourth-order valence-corrected chi connectivity index (χ4v) is 2.72. The number of likely N-dealkylation sites (tertiary alicyclic amines) is 1. The monoisotopic (exact) mass is 293 g/mol. The minimum Gasteiger partial charge on any atom is -0.475 e. The molecule has 0 unspecified atom stereocenters. The molecule has 1 fully saturated rings. The summed E-state index contributed by atoms with van der Waals surface area (Å²) in [5.41, 5.74) is 0. The van der Waals surface area contributed by atoms with Crippen LogP contribution in [0.1, 0.15) is 60.6 Å². The zero-order valence-corrected chi connectivity index (χ0v) is 12.7. The van der Waals surface area contributed by atoms with E-state index in [9.17, 15) is 9.59 Å². The number of carboxylic acid groups (broad SMARTS) is 1. The van der Waals surface area contributed by atoms with Crippen LogP contribution in [0.15, 0.2) is 16.5 Å². The fourth-order valence-electron chi connectivity index (χ4n) is 2.72. The molecule has 1 aliphatic rings. The summed E-state index contributed by atoms with van der Waals surface area (Å²) >= 11 is 0. The number of hydrogen-bond donors (Lipinski definition) is 1. The SMILES string of the molecule is CC(C)CCC1CCN(C(=O)c2ccc(C(=O)O)o2)CC1. The van der Waals surface area contributed by atoms with Gasteiger partial charge in [0.25, 0.3) is 5.91 Å². The van der Waals surface area contributed by atoms with E-state index in [1.54, 1.807) is 4.90 Å². The summed E-state index contributed by atoms with van der Waals surface area (Å²) in [6.45, 7) is 5.92. The third-order valence-corrected chi connectivity index (χ3v) is 4.08. The first kappa shape index (κ1) is 15.6. The molecule has 1 aromatic heterocycles. The third kappa shape index (κ3) is 4.09. The Morgan fingerprint density at radius 2 is 1.90 bits per heavy atom. The number of aromatic carboxylic acids is 1. The van der Waals surface area contributed by atoms with Gasteiger partial charge in [-0.3, -0.25) is 4.79 Å². The molecule has 0 spiro atoms. The van der Waals surface area contributed by atoms with Gasteiger partial charge in [0.05, 0.1) is 0 Å². The van der Waals surface area contributed by atoms with Gasteiger partial charge in [0.1, 0.15) is 0 Å². The molecule has 1 aromatic rings. The molecule has 1 N–H and O–H groups in total. The van der Waals surface area contributed by atoms with Crippen LogP contribution in [0.3, 0.4) is 0 Å². The van der Waals surface area contributed by atoms with Crippen molar-refractivity contribution in [3.05, 3.63) is 23.7 Å². The van der Waals surface area contributed by atoms with Crippen LogP contribution in [-0.2, 0) is 0 Å². The number of carbonyl (C=O) groups is 2. The van der Waals surface area contributed by atoms with Gasteiger partial charge in [0, 0.05) is 13.1 Å². The van der Waals surface area contributed by atoms with E-state index in [2.05, 4.69) is 13.8 Å². The number of amides is 1. The zero-order valence-electron chi connectivity index (χ0n) is 12.7. The van der Waals surface area contributed by atoms with Crippen LogP contribution in [0, 0.1) is 11.8 Å². The second-order valence-corrected chi connectivity index (χ2v) is 6.18. The lowest BCUT2D eigenvalue weighted by Gasteiger charge is -2.31. The molecule has 0 radical (unpaired) electrons. The van der Waals surface area contributed by atoms with Crippen molar-refractivity contribution >= 4 is 11.9 Å². The minimum absolute atomic E-state index is 0.119. The maximum absolute atomic E-state index is 12.2. The quantitative estimate of drug-likeness (QED) is 0.904. The zero-order chi connectivity index (χ0) is 15.4. The molecule has 21 heavy (non-hydrogen) atoms. The molecule has 1 amide bonds. The summed E-state index contributed by atoms with van der Waals surface area (Å²) in [4.78, 5) is 24.8. The Balaban J connectivity index is 1.86. The van der Waals surface area contributed by atoms with E-state index in [1.807, 2.05) is 0 Å². The number of carbonyl (C=O) groups excluding carboxylic acids is 1. The van der Waals surface area contributed by atoms with Gasteiger partial charge in [-0.25, -0.2) is 4.79 Å². The first-order valence-corrected chi connectivity index (χ1v) is 7.59. The van der Waals surface area contributed by atoms with Crippen molar-refractivity contribution in [3.63, 3.8) is 0 Å². The Morgan fingerprint density at radius 3 is 2.43 bits per heavy atom. The number of nitrogens with zero attached hydrogens (tertiary/aromatic N) is 1. The van der Waals surface area contributed by atoms with Crippen molar-refractivity contribution in [3.8, 4) is 0 Å². The third-order valence-electron chi connectivity index (χ3n) is 4.08. The van der Waals surface area contributed by atoms with Crippen molar-refractivity contribution in [1.29, 1.82) is 0 Å². The molecule has 0 aliphatic carbocycles. The Hall–Kier alpha value is -1.78. The van der Waals surface area contributed by atoms with Crippen molar-refractivity contribution in [2.24, 2.45) is 11.8 Å². The van der Waals surface area contributed by atoms with E-state index in [0.717, 1.165) is 31.8 Å². The summed E-state index contributed by atoms with van der Waals surface area (Å²) in [6.07, 6.45) is 4.50. The van der Waals surface area contributed by atoms with E-state index in [1.165, 1.54) is 25.0 Å². The van der Waals surface area contributed by atoms with Crippen LogP contribution < -0.4 is 0 Å². The summed E-state index contributed by atoms with van der Waals surface area (Å²) in [7, 11) is 0. The lowest BCUT2D eigenvalue weighted by molar-refractivity contribution is 0.0626. The smallest absolute Gasteiger partial charge is 0.371 e. The van der Waals surface area contributed by atoms with Crippen LogP contribution in [0.5, 0.6) is 0 Å². The highest BCUT2D eigenvalue weighted by atomic mass is 16.4. The number of piperidine rings is 1. The van der Waals surface area contributed by atoms with Crippen LogP contribution in [0.4, 0.5) is 0 Å². The fraction of sp³-hybridized carbons (Fsp3) is 0.625. The van der Waals surface area contributed by atoms with E-state index < -0.39 is 5.97 Å². The van der Waals surface area contributed by atoms with E-state index in [0.29, 0.717) is 5.92 Å². The van der Waals surface area contributed by atoms with E-state index in [4.69, 9.17) is 9.52 Å².